The number of aromatic hydroxyl groups is 1. The van der Waals surface area contributed by atoms with Crippen LogP contribution in [-0.2, 0) is 0 Å². The maximum atomic E-state index is 10.5. The van der Waals surface area contributed by atoms with Crippen molar-refractivity contribution in [3.05, 3.63) is 107 Å². The summed E-state index contributed by atoms with van der Waals surface area (Å²) in [5.74, 6) is 1.74. The molecule has 0 saturated heterocycles. The van der Waals surface area contributed by atoms with Crippen LogP contribution in [0, 0.1) is 6.92 Å². The Bertz CT molecular complexity index is 1880. The molecule has 1 aliphatic heterocycles. The van der Waals surface area contributed by atoms with Crippen molar-refractivity contribution in [1.29, 1.82) is 0 Å². The van der Waals surface area contributed by atoms with Crippen molar-refractivity contribution in [3.8, 4) is 40.3 Å². The summed E-state index contributed by atoms with van der Waals surface area (Å²) in [6.45, 7) is 1.95. The number of aromatic nitrogens is 6. The molecular formula is C29H21ClN6O3. The molecule has 10 heteroatoms. The minimum absolute atomic E-state index is 0.0927. The first kappa shape index (κ1) is 23.2. The molecule has 0 fully saturated rings. The van der Waals surface area contributed by atoms with E-state index in [4.69, 9.17) is 31.2 Å². The average molecular weight is 537 g/mol. The van der Waals surface area contributed by atoms with Crippen molar-refractivity contribution in [2.45, 2.75) is 12.8 Å². The maximum absolute atomic E-state index is 10.5. The van der Waals surface area contributed by atoms with Crippen LogP contribution in [0.15, 0.2) is 79.1 Å². The molecule has 1 atom stereocenters. The van der Waals surface area contributed by atoms with Gasteiger partial charge in [-0.15, -0.1) is 5.10 Å². The first-order chi connectivity index (χ1) is 19.0. The standard InChI is InChI=1S/C29H21ClN6O3/c1-16-23-24(20-8-4-6-10-22(20)38-2)25-27-32-26(19-7-3-5-9-21(19)37)34-35(27)15-31-28(25)39-29(23)36(33-16)18-13-11-17(30)12-14-18/h3-15,24,37H,1-2H3. The van der Waals surface area contributed by atoms with E-state index in [0.29, 0.717) is 39.6 Å². The molecule has 0 spiro atoms. The van der Waals surface area contributed by atoms with Gasteiger partial charge in [-0.25, -0.2) is 19.2 Å². The summed E-state index contributed by atoms with van der Waals surface area (Å²) in [5.41, 5.74) is 5.16. The van der Waals surface area contributed by atoms with Gasteiger partial charge in [0.2, 0.25) is 11.8 Å². The van der Waals surface area contributed by atoms with Crippen LogP contribution in [0.2, 0.25) is 5.02 Å². The van der Waals surface area contributed by atoms with Gasteiger partial charge in [-0.1, -0.05) is 41.9 Å². The fraction of sp³-hybridized carbons (Fsp3) is 0.103. The molecule has 0 saturated carbocycles. The molecule has 7 rings (SSSR count). The SMILES string of the molecule is COc1ccccc1C1c2c(C)nn(-c3ccc(Cl)cc3)c2Oc2ncn3nc(-c4ccccc4O)nc3c21. The van der Waals surface area contributed by atoms with Crippen LogP contribution >= 0.6 is 11.6 Å². The second-order valence-electron chi connectivity index (χ2n) is 9.15. The third-order valence-corrected chi connectivity index (χ3v) is 7.14. The third-order valence-electron chi connectivity index (χ3n) is 6.89. The molecule has 192 valence electrons. The van der Waals surface area contributed by atoms with Gasteiger partial charge in [0.25, 0.3) is 0 Å². The van der Waals surface area contributed by atoms with Gasteiger partial charge in [-0.3, -0.25) is 0 Å². The molecule has 3 aromatic carbocycles. The summed E-state index contributed by atoms with van der Waals surface area (Å²) < 4.78 is 15.6. The van der Waals surface area contributed by atoms with Crippen LogP contribution in [0.5, 0.6) is 23.3 Å². The minimum Gasteiger partial charge on any atom is -0.507 e. The summed E-state index contributed by atoms with van der Waals surface area (Å²) >= 11 is 6.15. The van der Waals surface area contributed by atoms with Crippen LogP contribution in [0.1, 0.15) is 28.3 Å². The number of para-hydroxylation sites is 2. The van der Waals surface area contributed by atoms with Crippen molar-refractivity contribution >= 4 is 17.2 Å². The summed E-state index contributed by atoms with van der Waals surface area (Å²) in [7, 11) is 1.65. The number of hydrogen-bond donors (Lipinski definition) is 1. The first-order valence-electron chi connectivity index (χ1n) is 12.2. The van der Waals surface area contributed by atoms with Crippen molar-refractivity contribution in [2.75, 3.05) is 7.11 Å². The van der Waals surface area contributed by atoms with Crippen molar-refractivity contribution in [1.82, 2.24) is 29.4 Å². The number of fused-ring (bicyclic) bond motifs is 4. The van der Waals surface area contributed by atoms with Gasteiger partial charge < -0.3 is 14.6 Å². The minimum atomic E-state index is -0.376. The zero-order valence-corrected chi connectivity index (χ0v) is 21.7. The summed E-state index contributed by atoms with van der Waals surface area (Å²) in [6.07, 6.45) is 1.56. The highest BCUT2D eigenvalue weighted by Crippen LogP contribution is 2.51. The Balaban J connectivity index is 1.51. The Kier molecular flexibility index (Phi) is 5.27. The molecule has 39 heavy (non-hydrogen) atoms. The van der Waals surface area contributed by atoms with E-state index in [1.54, 1.807) is 40.8 Å². The van der Waals surface area contributed by atoms with Gasteiger partial charge >= 0.3 is 0 Å². The van der Waals surface area contributed by atoms with Gasteiger partial charge in [-0.05, 0) is 49.4 Å². The topological polar surface area (TPSA) is 99.6 Å². The van der Waals surface area contributed by atoms with E-state index >= 15 is 0 Å². The van der Waals surface area contributed by atoms with Gasteiger partial charge in [-0.2, -0.15) is 5.10 Å². The van der Waals surface area contributed by atoms with E-state index in [-0.39, 0.29) is 11.7 Å². The highest BCUT2D eigenvalue weighted by molar-refractivity contribution is 6.30. The molecule has 0 radical (unpaired) electrons. The zero-order valence-electron chi connectivity index (χ0n) is 20.9. The van der Waals surface area contributed by atoms with E-state index in [0.717, 1.165) is 28.1 Å². The van der Waals surface area contributed by atoms with E-state index in [1.807, 2.05) is 61.5 Å². The summed E-state index contributed by atoms with van der Waals surface area (Å²) in [4.78, 5) is 9.49. The first-order valence-corrected chi connectivity index (χ1v) is 12.6. The molecule has 6 aromatic rings. The quantitative estimate of drug-likeness (QED) is 0.297. The van der Waals surface area contributed by atoms with Crippen LogP contribution < -0.4 is 9.47 Å². The normalized spacial score (nSPS) is 14.1. The number of methoxy groups -OCH3 is 1. The molecule has 9 nitrogen and oxygen atoms in total. The largest absolute Gasteiger partial charge is 0.507 e. The van der Waals surface area contributed by atoms with E-state index in [9.17, 15) is 5.11 Å². The van der Waals surface area contributed by atoms with Crippen molar-refractivity contribution in [3.63, 3.8) is 0 Å². The predicted molar refractivity (Wildman–Crippen MR) is 145 cm³/mol. The lowest BCUT2D eigenvalue weighted by atomic mass is 9.84. The smallest absolute Gasteiger partial charge is 0.230 e. The molecule has 0 aliphatic carbocycles. The Morgan fingerprint density at radius 1 is 0.949 bits per heavy atom. The monoisotopic (exact) mass is 536 g/mol. The number of phenolic OH excluding ortho intramolecular Hbond substituents is 1. The number of benzene rings is 3. The van der Waals surface area contributed by atoms with Crippen molar-refractivity contribution < 1.29 is 14.6 Å². The summed E-state index contributed by atoms with van der Waals surface area (Å²) in [6, 6.07) is 22.2. The molecular weight excluding hydrogens is 516 g/mol. The second-order valence-corrected chi connectivity index (χ2v) is 9.59. The molecule has 0 bridgehead atoms. The molecule has 1 aliphatic rings. The number of halogens is 1. The highest BCUT2D eigenvalue weighted by Gasteiger charge is 2.39. The number of nitrogens with zero attached hydrogens (tertiary/aromatic N) is 6. The zero-order chi connectivity index (χ0) is 26.7. The molecule has 1 unspecified atom stereocenters. The lowest BCUT2D eigenvalue weighted by Gasteiger charge is -2.27. The Labute approximate surface area is 227 Å². The fourth-order valence-corrected chi connectivity index (χ4v) is 5.25. The number of hydrogen-bond acceptors (Lipinski definition) is 7. The molecule has 1 N–H and O–H groups in total. The Morgan fingerprint density at radius 2 is 1.72 bits per heavy atom. The number of aryl methyl sites for hydroxylation is 1. The van der Waals surface area contributed by atoms with Gasteiger partial charge in [0.15, 0.2) is 11.5 Å². The molecule has 4 heterocycles. The third kappa shape index (κ3) is 3.62. The lowest BCUT2D eigenvalue weighted by molar-refractivity contribution is 0.393. The van der Waals surface area contributed by atoms with Crippen LogP contribution in [0.4, 0.5) is 0 Å². The summed E-state index contributed by atoms with van der Waals surface area (Å²) in [5, 5.41) is 20.6. The van der Waals surface area contributed by atoms with Crippen LogP contribution in [0.25, 0.3) is 22.7 Å². The van der Waals surface area contributed by atoms with E-state index in [1.165, 1.54) is 0 Å². The molecule has 0 amide bonds. The van der Waals surface area contributed by atoms with Crippen LogP contribution in [-0.4, -0.2) is 41.6 Å². The average Bonchev–Trinajstić information content (AvgIpc) is 3.54. The lowest BCUT2D eigenvalue weighted by Crippen LogP contribution is -2.16. The fourth-order valence-electron chi connectivity index (χ4n) is 5.13. The number of ether oxygens (including phenoxy) is 2. The van der Waals surface area contributed by atoms with Crippen molar-refractivity contribution in [2.24, 2.45) is 0 Å². The second kappa shape index (κ2) is 8.85. The van der Waals surface area contributed by atoms with Gasteiger partial charge in [0.05, 0.1) is 41.1 Å². The highest BCUT2D eigenvalue weighted by atomic mass is 35.5. The van der Waals surface area contributed by atoms with Gasteiger partial charge in [0.1, 0.15) is 17.8 Å². The van der Waals surface area contributed by atoms with E-state index < -0.39 is 0 Å². The van der Waals surface area contributed by atoms with E-state index in [2.05, 4.69) is 10.1 Å². The van der Waals surface area contributed by atoms with Crippen LogP contribution in [0.3, 0.4) is 0 Å². The van der Waals surface area contributed by atoms with Gasteiger partial charge in [0, 0.05) is 10.6 Å². The number of phenols is 1. The number of rotatable bonds is 4. The Morgan fingerprint density at radius 3 is 2.51 bits per heavy atom. The predicted octanol–water partition coefficient (Wildman–Crippen LogP) is 5.94. The Hall–Kier alpha value is -4.89. The molecule has 3 aromatic heterocycles. The maximum Gasteiger partial charge on any atom is 0.230 e.